The standard InChI is InChI=1S/C65H110O5/c1-3-5-7-9-11-13-15-17-19-21-23-24-25-26-27-28-29-30-31-32-33-34-35-36-37-38-39-40-42-44-46-48-50-52-54-56-58-60-65(68)70-63(61-66)62-69-64(67)59-57-55-53-51-49-47-45-43-41-22-20-18-16-14-12-10-8-6-4-2/h5,7,11-14,17-20,23-24,26-27,29-30,41,43,63,66H,3-4,6,8-10,15-16,21-22,25,28,31-40,42,44-62H2,1-2H3/b7-5-,13-11-,14-12-,19-17-,20-18-,24-23-,27-26-,30-29-,43-41-. The van der Waals surface area contributed by atoms with Crippen LogP contribution in [0.15, 0.2) is 109 Å². The predicted molar refractivity (Wildman–Crippen MR) is 306 cm³/mol. The van der Waals surface area contributed by atoms with Crippen LogP contribution < -0.4 is 0 Å². The quantitative estimate of drug-likeness (QED) is 0.0373. The number of allylic oxidation sites excluding steroid dienone is 18. The lowest BCUT2D eigenvalue weighted by molar-refractivity contribution is -0.161. The van der Waals surface area contributed by atoms with Crippen molar-refractivity contribution < 1.29 is 24.2 Å². The summed E-state index contributed by atoms with van der Waals surface area (Å²) in [5.41, 5.74) is 0. The summed E-state index contributed by atoms with van der Waals surface area (Å²) in [4.78, 5) is 24.5. The van der Waals surface area contributed by atoms with Crippen molar-refractivity contribution in [2.75, 3.05) is 13.2 Å². The second kappa shape index (κ2) is 59.9. The van der Waals surface area contributed by atoms with Crippen LogP contribution in [0.2, 0.25) is 0 Å². The van der Waals surface area contributed by atoms with Gasteiger partial charge in [0.15, 0.2) is 6.10 Å². The lowest BCUT2D eigenvalue weighted by atomic mass is 10.0. The van der Waals surface area contributed by atoms with Crippen LogP contribution in [0.3, 0.4) is 0 Å². The van der Waals surface area contributed by atoms with E-state index in [2.05, 4.69) is 123 Å². The molecule has 1 atom stereocenters. The van der Waals surface area contributed by atoms with Gasteiger partial charge in [0.2, 0.25) is 0 Å². The highest BCUT2D eigenvalue weighted by Gasteiger charge is 2.16. The molecule has 0 aromatic rings. The highest BCUT2D eigenvalue weighted by molar-refractivity contribution is 5.70. The summed E-state index contributed by atoms with van der Waals surface area (Å²) in [6.45, 7) is 4.00. The molecular weight excluding hydrogens is 861 g/mol. The summed E-state index contributed by atoms with van der Waals surface area (Å²) in [7, 11) is 0. The van der Waals surface area contributed by atoms with E-state index in [9.17, 15) is 14.7 Å². The van der Waals surface area contributed by atoms with Crippen molar-refractivity contribution in [1.29, 1.82) is 0 Å². The first-order valence-electron chi connectivity index (χ1n) is 29.4. The molecule has 0 radical (unpaired) electrons. The van der Waals surface area contributed by atoms with Gasteiger partial charge in [0, 0.05) is 12.8 Å². The van der Waals surface area contributed by atoms with Crippen molar-refractivity contribution in [3.63, 3.8) is 0 Å². The molecule has 1 N–H and O–H groups in total. The average Bonchev–Trinajstić information content (AvgIpc) is 3.36. The number of carbonyl (C=O) groups excluding carboxylic acids is 2. The number of ether oxygens (including phenoxy) is 2. The zero-order chi connectivity index (χ0) is 50.6. The fourth-order valence-corrected chi connectivity index (χ4v) is 8.15. The molecule has 1 unspecified atom stereocenters. The maximum Gasteiger partial charge on any atom is 0.306 e. The molecule has 0 amide bonds. The van der Waals surface area contributed by atoms with Crippen LogP contribution >= 0.6 is 0 Å². The van der Waals surface area contributed by atoms with Crippen LogP contribution in [-0.2, 0) is 19.1 Å². The van der Waals surface area contributed by atoms with Gasteiger partial charge < -0.3 is 14.6 Å². The first-order valence-corrected chi connectivity index (χ1v) is 29.4. The van der Waals surface area contributed by atoms with Crippen LogP contribution in [0.4, 0.5) is 0 Å². The van der Waals surface area contributed by atoms with Gasteiger partial charge in [0.1, 0.15) is 6.61 Å². The molecule has 0 heterocycles. The van der Waals surface area contributed by atoms with E-state index in [1.54, 1.807) is 0 Å². The van der Waals surface area contributed by atoms with Crippen LogP contribution in [0, 0.1) is 0 Å². The summed E-state index contributed by atoms with van der Waals surface area (Å²) < 4.78 is 10.7. The van der Waals surface area contributed by atoms with E-state index in [-0.39, 0.29) is 25.2 Å². The van der Waals surface area contributed by atoms with Crippen LogP contribution in [-0.4, -0.2) is 36.4 Å². The Kier molecular flexibility index (Phi) is 56.9. The van der Waals surface area contributed by atoms with E-state index in [0.29, 0.717) is 12.8 Å². The molecule has 0 aliphatic rings. The first-order chi connectivity index (χ1) is 34.6. The molecule has 0 aliphatic carbocycles. The van der Waals surface area contributed by atoms with Gasteiger partial charge in [0.25, 0.3) is 0 Å². The third-order valence-electron chi connectivity index (χ3n) is 12.6. The van der Waals surface area contributed by atoms with Gasteiger partial charge in [-0.05, 0) is 103 Å². The fraction of sp³-hybridized carbons (Fsp3) is 0.692. The zero-order valence-corrected chi connectivity index (χ0v) is 45.7. The largest absolute Gasteiger partial charge is 0.462 e. The second-order valence-electron chi connectivity index (χ2n) is 19.3. The van der Waals surface area contributed by atoms with E-state index in [0.717, 1.165) is 96.3 Å². The Bertz CT molecular complexity index is 1380. The van der Waals surface area contributed by atoms with Gasteiger partial charge in [-0.2, -0.15) is 0 Å². The van der Waals surface area contributed by atoms with E-state index >= 15 is 0 Å². The van der Waals surface area contributed by atoms with Crippen LogP contribution in [0.25, 0.3) is 0 Å². The Morgan fingerprint density at radius 1 is 0.343 bits per heavy atom. The van der Waals surface area contributed by atoms with Crippen LogP contribution in [0.1, 0.15) is 271 Å². The lowest BCUT2D eigenvalue weighted by Crippen LogP contribution is -2.28. The molecular formula is C65H110O5. The van der Waals surface area contributed by atoms with Gasteiger partial charge in [-0.1, -0.05) is 264 Å². The van der Waals surface area contributed by atoms with Crippen molar-refractivity contribution in [1.82, 2.24) is 0 Å². The molecule has 5 nitrogen and oxygen atoms in total. The van der Waals surface area contributed by atoms with Gasteiger partial charge >= 0.3 is 11.9 Å². The van der Waals surface area contributed by atoms with E-state index in [1.807, 2.05) is 0 Å². The predicted octanol–water partition coefficient (Wildman–Crippen LogP) is 20.1. The van der Waals surface area contributed by atoms with Crippen molar-refractivity contribution in [3.8, 4) is 0 Å². The monoisotopic (exact) mass is 971 g/mol. The van der Waals surface area contributed by atoms with E-state index in [4.69, 9.17) is 9.47 Å². The lowest BCUT2D eigenvalue weighted by Gasteiger charge is -2.15. The number of carbonyl (C=O) groups is 2. The molecule has 0 aromatic carbocycles. The highest BCUT2D eigenvalue weighted by atomic mass is 16.6. The van der Waals surface area contributed by atoms with Crippen molar-refractivity contribution in [2.45, 2.75) is 277 Å². The fourth-order valence-electron chi connectivity index (χ4n) is 8.15. The average molecular weight is 972 g/mol. The number of unbranched alkanes of at least 4 members (excludes halogenated alkanes) is 27. The number of aliphatic hydroxyl groups is 1. The molecule has 0 aromatic heterocycles. The summed E-state index contributed by atoms with van der Waals surface area (Å²) >= 11 is 0. The minimum absolute atomic E-state index is 0.0751. The molecule has 400 valence electrons. The summed E-state index contributed by atoms with van der Waals surface area (Å²) in [6, 6.07) is 0. The summed E-state index contributed by atoms with van der Waals surface area (Å²) in [6.07, 6.45) is 86.4. The Morgan fingerprint density at radius 3 is 0.929 bits per heavy atom. The summed E-state index contributed by atoms with van der Waals surface area (Å²) in [5.74, 6) is -0.602. The topological polar surface area (TPSA) is 72.8 Å². The number of aliphatic hydroxyl groups excluding tert-OH is 1. The second-order valence-corrected chi connectivity index (χ2v) is 19.3. The molecule has 0 fully saturated rings. The summed E-state index contributed by atoms with van der Waals surface area (Å²) in [5, 5.41) is 9.65. The minimum Gasteiger partial charge on any atom is -0.462 e. The van der Waals surface area contributed by atoms with Gasteiger partial charge in [0.05, 0.1) is 6.61 Å². The minimum atomic E-state index is -0.783. The molecule has 5 heteroatoms. The number of hydrogen-bond acceptors (Lipinski definition) is 5. The first kappa shape index (κ1) is 66.6. The Hall–Kier alpha value is -3.44. The molecule has 0 bridgehead atoms. The Balaban J connectivity index is 3.49. The van der Waals surface area contributed by atoms with Crippen molar-refractivity contribution in [2.24, 2.45) is 0 Å². The molecule has 70 heavy (non-hydrogen) atoms. The number of hydrogen-bond donors (Lipinski definition) is 1. The van der Waals surface area contributed by atoms with Crippen LogP contribution in [0.5, 0.6) is 0 Å². The van der Waals surface area contributed by atoms with Crippen molar-refractivity contribution in [3.05, 3.63) is 109 Å². The normalized spacial score (nSPS) is 13.0. The molecule has 0 saturated carbocycles. The Labute approximate surface area is 433 Å². The molecule has 0 spiro atoms. The maximum atomic E-state index is 12.3. The Morgan fingerprint density at radius 2 is 0.614 bits per heavy atom. The molecule has 0 rings (SSSR count). The zero-order valence-electron chi connectivity index (χ0n) is 45.7. The van der Waals surface area contributed by atoms with Gasteiger partial charge in [-0.15, -0.1) is 0 Å². The third kappa shape index (κ3) is 57.1. The highest BCUT2D eigenvalue weighted by Crippen LogP contribution is 2.16. The smallest absolute Gasteiger partial charge is 0.306 e. The molecule has 0 aliphatic heterocycles. The van der Waals surface area contributed by atoms with E-state index < -0.39 is 6.10 Å². The van der Waals surface area contributed by atoms with Crippen molar-refractivity contribution >= 4 is 11.9 Å². The molecule has 0 saturated heterocycles. The number of esters is 2. The number of rotatable bonds is 53. The van der Waals surface area contributed by atoms with Gasteiger partial charge in [-0.25, -0.2) is 0 Å². The van der Waals surface area contributed by atoms with E-state index in [1.165, 1.54) is 148 Å². The van der Waals surface area contributed by atoms with Gasteiger partial charge in [-0.3, -0.25) is 9.59 Å². The SMILES string of the molecule is CC/C=C\C/C=C\C/C=C\C/C=C\C/C=C\C/C=C\CCCCCCCCCCCCCCCCCCCCC(=O)OC(CO)COC(=O)CCCCCCCC/C=C\C/C=C\C/C=C\CCCCC. The third-order valence-corrected chi connectivity index (χ3v) is 12.6. The maximum absolute atomic E-state index is 12.3.